The van der Waals surface area contributed by atoms with E-state index in [4.69, 9.17) is 4.42 Å². The van der Waals surface area contributed by atoms with Crippen LogP contribution in [0.15, 0.2) is 126 Å². The first-order chi connectivity index (χ1) is 26.6. The van der Waals surface area contributed by atoms with Gasteiger partial charge in [0.1, 0.15) is 11.2 Å². The molecule has 0 amide bonds. The predicted octanol–water partition coefficient (Wildman–Crippen LogP) is 10.8. The molecule has 0 spiro atoms. The Balaban J connectivity index is 1.42. The maximum Gasteiger partial charge on any atom is 0.204 e. The molecule has 55 heavy (non-hydrogen) atoms. The van der Waals surface area contributed by atoms with Crippen LogP contribution in [-0.2, 0) is 0 Å². The smallest absolute Gasteiger partial charge is 0.204 e. The lowest BCUT2D eigenvalue weighted by molar-refractivity contribution is 0.350. The van der Waals surface area contributed by atoms with Crippen molar-refractivity contribution >= 4 is 65.0 Å². The van der Waals surface area contributed by atoms with E-state index >= 15 is 0 Å². The summed E-state index contributed by atoms with van der Waals surface area (Å²) < 4.78 is 6.22. The molecular formula is C46H28O9. The Kier molecular flexibility index (Phi) is 6.59. The fourth-order valence-corrected chi connectivity index (χ4v) is 8.13. The molecule has 0 radical (unpaired) electrons. The quantitative estimate of drug-likeness (QED) is 0.0501. The second-order valence-corrected chi connectivity index (χ2v) is 13.7. The molecule has 10 aromatic rings. The van der Waals surface area contributed by atoms with Gasteiger partial charge in [-0.15, -0.1) is 0 Å². The van der Waals surface area contributed by atoms with Gasteiger partial charge in [0.25, 0.3) is 0 Å². The van der Waals surface area contributed by atoms with Crippen LogP contribution in [0.5, 0.6) is 46.0 Å². The van der Waals surface area contributed by atoms with Crippen LogP contribution in [0.4, 0.5) is 0 Å². The summed E-state index contributed by atoms with van der Waals surface area (Å²) in [6.07, 6.45) is 0. The fraction of sp³-hybridized carbons (Fsp3) is 0. The molecule has 8 N–H and O–H groups in total. The summed E-state index contributed by atoms with van der Waals surface area (Å²) in [6.45, 7) is 0. The number of aromatic hydroxyl groups is 8. The summed E-state index contributed by atoms with van der Waals surface area (Å²) in [5.41, 5.74) is 3.28. The molecule has 9 heteroatoms. The zero-order valence-electron chi connectivity index (χ0n) is 28.5. The van der Waals surface area contributed by atoms with Crippen LogP contribution in [0.1, 0.15) is 0 Å². The summed E-state index contributed by atoms with van der Waals surface area (Å²) >= 11 is 0. The second-order valence-electron chi connectivity index (χ2n) is 13.7. The van der Waals surface area contributed by atoms with E-state index in [1.165, 1.54) is 0 Å². The van der Waals surface area contributed by atoms with E-state index < -0.39 is 46.0 Å². The second kappa shape index (κ2) is 11.4. The number of hydrogen-bond acceptors (Lipinski definition) is 9. The van der Waals surface area contributed by atoms with E-state index in [-0.39, 0.29) is 32.7 Å². The van der Waals surface area contributed by atoms with E-state index in [1.54, 1.807) is 30.3 Å². The van der Waals surface area contributed by atoms with E-state index in [0.717, 1.165) is 38.1 Å². The minimum atomic E-state index is -1.03. The van der Waals surface area contributed by atoms with Crippen molar-refractivity contribution in [1.29, 1.82) is 0 Å². The zero-order chi connectivity index (χ0) is 37.9. The van der Waals surface area contributed by atoms with Crippen molar-refractivity contribution in [2.24, 2.45) is 0 Å². The lowest BCUT2D eigenvalue weighted by Crippen LogP contribution is -1.95. The highest BCUT2D eigenvalue weighted by atomic mass is 16.4. The average Bonchev–Trinajstić information content (AvgIpc) is 3.57. The van der Waals surface area contributed by atoms with Crippen LogP contribution in [0, 0.1) is 0 Å². The SMILES string of the molecule is Oc1c(O)c(O)c2c(-c3ccc4oc5cc6ccccc6cc5c4c3)c3c(O)c(O)c(O)c(O)c3c(-c3cc(-c4ccccc4)c4ccccc4c3)c2c1O. The highest BCUT2D eigenvalue weighted by molar-refractivity contribution is 6.29. The third kappa shape index (κ3) is 4.41. The summed E-state index contributed by atoms with van der Waals surface area (Å²) in [5.74, 6) is -7.51. The van der Waals surface area contributed by atoms with Crippen molar-refractivity contribution in [3.63, 3.8) is 0 Å². The Morgan fingerprint density at radius 1 is 0.309 bits per heavy atom. The third-order valence-corrected chi connectivity index (χ3v) is 10.7. The van der Waals surface area contributed by atoms with Gasteiger partial charge in [-0.05, 0) is 80.2 Å². The Morgan fingerprint density at radius 3 is 1.40 bits per heavy atom. The molecule has 0 aliphatic heterocycles. The fourth-order valence-electron chi connectivity index (χ4n) is 8.13. The van der Waals surface area contributed by atoms with Crippen LogP contribution in [0.3, 0.4) is 0 Å². The monoisotopic (exact) mass is 724 g/mol. The van der Waals surface area contributed by atoms with Gasteiger partial charge < -0.3 is 45.3 Å². The molecule has 0 fully saturated rings. The van der Waals surface area contributed by atoms with Crippen LogP contribution >= 0.6 is 0 Å². The van der Waals surface area contributed by atoms with Gasteiger partial charge in [-0.1, -0.05) is 84.9 Å². The summed E-state index contributed by atoms with van der Waals surface area (Å²) in [5, 5.41) is 95.5. The van der Waals surface area contributed by atoms with Crippen molar-refractivity contribution in [3.8, 4) is 79.4 Å². The predicted molar refractivity (Wildman–Crippen MR) is 213 cm³/mol. The largest absolute Gasteiger partial charge is 0.504 e. The first-order valence-corrected chi connectivity index (χ1v) is 17.3. The number of hydrogen-bond donors (Lipinski definition) is 8. The molecular weight excluding hydrogens is 696 g/mol. The minimum Gasteiger partial charge on any atom is -0.504 e. The number of benzene rings is 9. The lowest BCUT2D eigenvalue weighted by Gasteiger charge is -2.23. The molecule has 0 aliphatic carbocycles. The Morgan fingerprint density at radius 2 is 0.800 bits per heavy atom. The number of rotatable bonds is 3. The summed E-state index contributed by atoms with van der Waals surface area (Å²) in [4.78, 5) is 0. The third-order valence-electron chi connectivity index (χ3n) is 10.7. The maximum absolute atomic E-state index is 11.8. The first-order valence-electron chi connectivity index (χ1n) is 17.3. The van der Waals surface area contributed by atoms with Gasteiger partial charge in [-0.25, -0.2) is 0 Å². The molecule has 0 saturated carbocycles. The molecule has 1 heterocycles. The van der Waals surface area contributed by atoms with Crippen LogP contribution in [0.2, 0.25) is 0 Å². The highest BCUT2D eigenvalue weighted by Crippen LogP contribution is 2.62. The normalized spacial score (nSPS) is 11.9. The molecule has 0 bridgehead atoms. The Bertz CT molecular complexity index is 3210. The van der Waals surface area contributed by atoms with E-state index in [2.05, 4.69) is 0 Å². The topological polar surface area (TPSA) is 175 Å². The minimum absolute atomic E-state index is 0.0239. The molecule has 9 aromatic carbocycles. The molecule has 1 aromatic heterocycles. The molecule has 9 nitrogen and oxygen atoms in total. The maximum atomic E-state index is 11.8. The van der Waals surface area contributed by atoms with E-state index in [9.17, 15) is 40.9 Å². The van der Waals surface area contributed by atoms with Crippen LogP contribution < -0.4 is 0 Å². The molecule has 10 rings (SSSR count). The zero-order valence-corrected chi connectivity index (χ0v) is 28.5. The van der Waals surface area contributed by atoms with Gasteiger partial charge in [0, 0.05) is 43.4 Å². The van der Waals surface area contributed by atoms with E-state index in [0.29, 0.717) is 27.7 Å². The Labute approximate surface area is 310 Å². The van der Waals surface area contributed by atoms with Gasteiger partial charge in [0.2, 0.25) is 23.0 Å². The van der Waals surface area contributed by atoms with E-state index in [1.807, 2.05) is 91.0 Å². The highest BCUT2D eigenvalue weighted by Gasteiger charge is 2.33. The summed E-state index contributed by atoms with van der Waals surface area (Å²) in [6, 6.07) is 37.3. The Hall–Kier alpha value is -7.78. The molecule has 266 valence electrons. The van der Waals surface area contributed by atoms with Crippen molar-refractivity contribution in [3.05, 3.63) is 121 Å². The van der Waals surface area contributed by atoms with Gasteiger partial charge >= 0.3 is 0 Å². The number of phenolic OH excluding ortho intramolecular Hbond substituents is 8. The van der Waals surface area contributed by atoms with Gasteiger partial charge in [-0.2, -0.15) is 0 Å². The van der Waals surface area contributed by atoms with Crippen molar-refractivity contribution in [2.45, 2.75) is 0 Å². The average molecular weight is 725 g/mol. The van der Waals surface area contributed by atoms with Crippen LogP contribution in [0.25, 0.3) is 98.4 Å². The molecule has 0 saturated heterocycles. The molecule has 0 atom stereocenters. The van der Waals surface area contributed by atoms with Crippen molar-refractivity contribution in [2.75, 3.05) is 0 Å². The summed E-state index contributed by atoms with van der Waals surface area (Å²) in [7, 11) is 0. The van der Waals surface area contributed by atoms with Gasteiger partial charge in [0.15, 0.2) is 23.0 Å². The number of phenols is 8. The van der Waals surface area contributed by atoms with Gasteiger partial charge in [-0.3, -0.25) is 0 Å². The standard InChI is InChI=1S/C46H28O9/c47-39-35-33(25-14-15-31-29(18-25)30-17-22-10-4-5-11-23(22)20-32(30)55-31)36-38(42(50)46(54)44(52)40(36)48)34(37(35)41(49)45(53)43(39)51)26-16-24-12-6-7-13-27(24)28(19-26)21-8-2-1-3-9-21/h1-20,47-54H. The number of furan rings is 1. The van der Waals surface area contributed by atoms with Crippen LogP contribution in [-0.4, -0.2) is 40.9 Å². The molecule has 0 aliphatic rings. The molecule has 0 unspecified atom stereocenters. The van der Waals surface area contributed by atoms with Gasteiger partial charge in [0.05, 0.1) is 0 Å². The first kappa shape index (κ1) is 31.9. The number of fused-ring (bicyclic) bond motifs is 7. The van der Waals surface area contributed by atoms with Crippen molar-refractivity contribution < 1.29 is 45.3 Å². The lowest BCUT2D eigenvalue weighted by atomic mass is 9.82. The van der Waals surface area contributed by atoms with Crippen molar-refractivity contribution in [1.82, 2.24) is 0 Å².